The summed E-state index contributed by atoms with van der Waals surface area (Å²) < 4.78 is 1.11. The second kappa shape index (κ2) is 8.53. The number of amides is 1. The lowest BCUT2D eigenvalue weighted by Crippen LogP contribution is -2.30. The first-order valence-electron chi connectivity index (χ1n) is 9.72. The molecule has 29 heavy (non-hydrogen) atoms. The number of carbonyl (C=O) groups excluding carboxylic acids is 1. The van der Waals surface area contributed by atoms with Crippen molar-refractivity contribution in [2.24, 2.45) is 0 Å². The van der Waals surface area contributed by atoms with E-state index in [1.54, 1.807) is 22.4 Å². The van der Waals surface area contributed by atoms with Gasteiger partial charge in [-0.1, -0.05) is 53.8 Å². The van der Waals surface area contributed by atoms with E-state index in [0.717, 1.165) is 32.2 Å². The zero-order chi connectivity index (χ0) is 20.2. The van der Waals surface area contributed by atoms with Gasteiger partial charge in [-0.25, -0.2) is 4.98 Å². The maximum Gasteiger partial charge on any atom is 0.229 e. The van der Waals surface area contributed by atoms with Gasteiger partial charge >= 0.3 is 0 Å². The van der Waals surface area contributed by atoms with Gasteiger partial charge < -0.3 is 0 Å². The zero-order valence-corrected chi connectivity index (χ0v) is 17.4. The number of pyridine rings is 1. The van der Waals surface area contributed by atoms with Crippen molar-refractivity contribution in [3.63, 3.8) is 0 Å². The molecule has 4 aromatic rings. The first-order chi connectivity index (χ1) is 14.1. The van der Waals surface area contributed by atoms with E-state index in [1.165, 1.54) is 5.56 Å². The van der Waals surface area contributed by atoms with Gasteiger partial charge in [-0.15, -0.1) is 0 Å². The van der Waals surface area contributed by atoms with Gasteiger partial charge in [-0.05, 0) is 55.2 Å². The molecular weight excluding hydrogens is 378 g/mol. The molecule has 0 aliphatic carbocycles. The summed E-state index contributed by atoms with van der Waals surface area (Å²) in [4.78, 5) is 24.2. The van der Waals surface area contributed by atoms with Crippen LogP contribution in [0.1, 0.15) is 28.8 Å². The number of hydrogen-bond acceptors (Lipinski definition) is 4. The standard InChI is InChI=1S/C24H23N3OS/c1-17-14-18(2)23-21(15-17)29-24(26-23)27(16-20-10-6-7-13-25-20)22(28)12-11-19-8-4-3-5-9-19/h3-10,13-15H,11-12,16H2,1-2H3. The molecule has 146 valence electrons. The Balaban J connectivity index is 1.64. The summed E-state index contributed by atoms with van der Waals surface area (Å²) in [6.45, 7) is 4.58. The quantitative estimate of drug-likeness (QED) is 0.430. The smallest absolute Gasteiger partial charge is 0.229 e. The van der Waals surface area contributed by atoms with Crippen LogP contribution in [0.2, 0.25) is 0 Å². The van der Waals surface area contributed by atoms with Crippen molar-refractivity contribution in [2.75, 3.05) is 4.90 Å². The molecule has 0 N–H and O–H groups in total. The van der Waals surface area contributed by atoms with Gasteiger partial charge in [0.05, 0.1) is 22.5 Å². The van der Waals surface area contributed by atoms with Crippen LogP contribution in [0.15, 0.2) is 66.9 Å². The first kappa shape index (κ1) is 19.3. The average molecular weight is 402 g/mol. The Hall–Kier alpha value is -3.05. The summed E-state index contributed by atoms with van der Waals surface area (Å²) in [7, 11) is 0. The molecule has 0 atom stereocenters. The van der Waals surface area contributed by atoms with Crippen LogP contribution in [-0.4, -0.2) is 15.9 Å². The summed E-state index contributed by atoms with van der Waals surface area (Å²) in [5.41, 5.74) is 5.33. The van der Waals surface area contributed by atoms with Gasteiger partial charge in [0, 0.05) is 12.6 Å². The maximum atomic E-state index is 13.2. The predicted molar refractivity (Wildman–Crippen MR) is 119 cm³/mol. The van der Waals surface area contributed by atoms with E-state index in [-0.39, 0.29) is 5.91 Å². The average Bonchev–Trinajstić information content (AvgIpc) is 3.16. The van der Waals surface area contributed by atoms with Crippen LogP contribution in [0.25, 0.3) is 10.2 Å². The number of aromatic nitrogens is 2. The fraction of sp³-hybridized carbons (Fsp3) is 0.208. The van der Waals surface area contributed by atoms with E-state index < -0.39 is 0 Å². The Labute approximate surface area is 174 Å². The first-order valence-corrected chi connectivity index (χ1v) is 10.5. The second-order valence-corrected chi connectivity index (χ2v) is 8.22. The molecule has 2 heterocycles. The van der Waals surface area contributed by atoms with Crippen LogP contribution in [0.3, 0.4) is 0 Å². The lowest BCUT2D eigenvalue weighted by molar-refractivity contribution is -0.118. The van der Waals surface area contributed by atoms with Gasteiger partial charge in [0.2, 0.25) is 5.91 Å². The van der Waals surface area contributed by atoms with E-state index in [2.05, 4.69) is 43.1 Å². The molecular formula is C24H23N3OS. The highest BCUT2D eigenvalue weighted by Gasteiger charge is 2.21. The van der Waals surface area contributed by atoms with Crippen molar-refractivity contribution in [3.8, 4) is 0 Å². The summed E-state index contributed by atoms with van der Waals surface area (Å²) in [6, 6.07) is 20.2. The third-order valence-corrected chi connectivity index (χ3v) is 5.89. The highest BCUT2D eigenvalue weighted by molar-refractivity contribution is 7.22. The number of thiazole rings is 1. The molecule has 1 amide bonds. The monoisotopic (exact) mass is 401 g/mol. The number of rotatable bonds is 6. The van der Waals surface area contributed by atoms with Gasteiger partial charge in [0.15, 0.2) is 5.13 Å². The Kier molecular flexibility index (Phi) is 5.67. The highest BCUT2D eigenvalue weighted by atomic mass is 32.1. The topological polar surface area (TPSA) is 46.1 Å². The molecule has 5 heteroatoms. The molecule has 4 nitrogen and oxygen atoms in total. The van der Waals surface area contributed by atoms with Crippen molar-refractivity contribution in [1.82, 2.24) is 9.97 Å². The summed E-state index contributed by atoms with van der Waals surface area (Å²) in [5.74, 6) is 0.0629. The number of nitrogens with zero attached hydrogens (tertiary/aromatic N) is 3. The van der Waals surface area contributed by atoms with Crippen LogP contribution < -0.4 is 4.90 Å². The van der Waals surface area contributed by atoms with E-state index in [1.807, 2.05) is 36.4 Å². The molecule has 0 bridgehead atoms. The van der Waals surface area contributed by atoms with E-state index in [9.17, 15) is 4.79 Å². The minimum Gasteiger partial charge on any atom is -0.282 e. The summed E-state index contributed by atoms with van der Waals surface area (Å²) in [6.07, 6.45) is 2.90. The number of benzene rings is 2. The third-order valence-electron chi connectivity index (χ3n) is 4.87. The molecule has 0 fully saturated rings. The fourth-order valence-electron chi connectivity index (χ4n) is 3.42. The van der Waals surface area contributed by atoms with Gasteiger partial charge in [-0.2, -0.15) is 0 Å². The van der Waals surface area contributed by atoms with Crippen LogP contribution in [-0.2, 0) is 17.8 Å². The Bertz CT molecular complexity index is 1120. The molecule has 0 unspecified atom stereocenters. The number of anilines is 1. The lowest BCUT2D eigenvalue weighted by atomic mass is 10.1. The minimum atomic E-state index is 0.0629. The van der Waals surface area contributed by atoms with Gasteiger partial charge in [0.1, 0.15) is 0 Å². The van der Waals surface area contributed by atoms with Crippen molar-refractivity contribution in [3.05, 3.63) is 89.2 Å². The summed E-state index contributed by atoms with van der Waals surface area (Å²) in [5, 5.41) is 0.734. The molecule has 0 saturated heterocycles. The summed E-state index contributed by atoms with van der Waals surface area (Å²) >= 11 is 1.57. The van der Waals surface area contributed by atoms with E-state index in [0.29, 0.717) is 19.4 Å². The van der Waals surface area contributed by atoms with Crippen molar-refractivity contribution in [2.45, 2.75) is 33.2 Å². The minimum absolute atomic E-state index is 0.0629. The lowest BCUT2D eigenvalue weighted by Gasteiger charge is -2.19. The largest absolute Gasteiger partial charge is 0.282 e. The molecule has 0 spiro atoms. The fourth-order valence-corrected chi connectivity index (χ4v) is 4.58. The van der Waals surface area contributed by atoms with E-state index in [4.69, 9.17) is 4.98 Å². The van der Waals surface area contributed by atoms with E-state index >= 15 is 0 Å². The van der Waals surface area contributed by atoms with Crippen LogP contribution in [0.5, 0.6) is 0 Å². The second-order valence-electron chi connectivity index (χ2n) is 7.21. The molecule has 0 aliphatic heterocycles. The number of fused-ring (bicyclic) bond motifs is 1. The van der Waals surface area contributed by atoms with Crippen molar-refractivity contribution in [1.29, 1.82) is 0 Å². The Morgan fingerprint density at radius 2 is 1.83 bits per heavy atom. The normalized spacial score (nSPS) is 11.0. The maximum absolute atomic E-state index is 13.2. The zero-order valence-electron chi connectivity index (χ0n) is 16.6. The number of aryl methyl sites for hydroxylation is 3. The van der Waals surface area contributed by atoms with Crippen LogP contribution in [0.4, 0.5) is 5.13 Å². The molecule has 0 radical (unpaired) electrons. The molecule has 2 aromatic heterocycles. The Morgan fingerprint density at radius 1 is 1.03 bits per heavy atom. The van der Waals surface area contributed by atoms with Crippen molar-refractivity contribution < 1.29 is 4.79 Å². The SMILES string of the molecule is Cc1cc(C)c2nc(N(Cc3ccccn3)C(=O)CCc3ccccc3)sc2c1. The third kappa shape index (κ3) is 4.51. The molecule has 0 saturated carbocycles. The predicted octanol–water partition coefficient (Wildman–Crippen LogP) is 5.47. The van der Waals surface area contributed by atoms with Crippen LogP contribution >= 0.6 is 11.3 Å². The van der Waals surface area contributed by atoms with Gasteiger partial charge in [-0.3, -0.25) is 14.7 Å². The number of hydrogen-bond donors (Lipinski definition) is 0. The molecule has 0 aliphatic rings. The van der Waals surface area contributed by atoms with Crippen LogP contribution in [0, 0.1) is 13.8 Å². The molecule has 4 rings (SSSR count). The molecule has 2 aromatic carbocycles. The van der Waals surface area contributed by atoms with Gasteiger partial charge in [0.25, 0.3) is 0 Å². The van der Waals surface area contributed by atoms with Crippen molar-refractivity contribution >= 4 is 32.6 Å². The highest BCUT2D eigenvalue weighted by Crippen LogP contribution is 2.32. The number of carbonyl (C=O) groups is 1. The Morgan fingerprint density at radius 3 is 2.59 bits per heavy atom.